The van der Waals surface area contributed by atoms with Crippen LogP contribution in [0.3, 0.4) is 0 Å². The van der Waals surface area contributed by atoms with Crippen LogP contribution in [0.25, 0.3) is 0 Å². The van der Waals surface area contributed by atoms with Crippen molar-refractivity contribution >= 4 is 5.96 Å². The number of likely N-dealkylation sites (N-methyl/N-ethyl adjacent to an activating group) is 1. The molecule has 0 radical (unpaired) electrons. The van der Waals surface area contributed by atoms with Gasteiger partial charge >= 0.3 is 0 Å². The van der Waals surface area contributed by atoms with E-state index >= 15 is 0 Å². The number of hydrogen-bond donors (Lipinski definition) is 2. The second-order valence-electron chi connectivity index (χ2n) is 7.04. The van der Waals surface area contributed by atoms with Gasteiger partial charge < -0.3 is 24.8 Å². The molecular formula is C22H36N6O. The summed E-state index contributed by atoms with van der Waals surface area (Å²) in [4.78, 5) is 11.5. The fourth-order valence-electron chi connectivity index (χ4n) is 3.05. The monoisotopic (exact) mass is 400 g/mol. The van der Waals surface area contributed by atoms with Gasteiger partial charge in [0.2, 0.25) is 0 Å². The van der Waals surface area contributed by atoms with Crippen molar-refractivity contribution in [1.29, 1.82) is 0 Å². The van der Waals surface area contributed by atoms with E-state index in [-0.39, 0.29) is 0 Å². The molecule has 0 aliphatic rings. The molecule has 0 aliphatic carbocycles. The molecule has 2 N–H and O–H groups in total. The van der Waals surface area contributed by atoms with Crippen LogP contribution in [-0.4, -0.2) is 73.9 Å². The molecule has 0 spiro atoms. The summed E-state index contributed by atoms with van der Waals surface area (Å²) in [5.74, 6) is 1.94. The predicted molar refractivity (Wildman–Crippen MR) is 119 cm³/mol. The van der Waals surface area contributed by atoms with Crippen LogP contribution in [0.5, 0.6) is 0 Å². The van der Waals surface area contributed by atoms with E-state index in [2.05, 4.69) is 68.3 Å². The Bertz CT molecular complexity index is 700. The third kappa shape index (κ3) is 9.11. The highest BCUT2D eigenvalue weighted by Crippen LogP contribution is 2.05. The first kappa shape index (κ1) is 22.9. The van der Waals surface area contributed by atoms with Gasteiger partial charge in [0.25, 0.3) is 0 Å². The Balaban J connectivity index is 1.77. The number of imidazole rings is 1. The molecule has 0 unspecified atom stereocenters. The Kier molecular flexibility index (Phi) is 10.9. The van der Waals surface area contributed by atoms with E-state index in [0.29, 0.717) is 0 Å². The molecule has 0 aliphatic heterocycles. The first-order valence-corrected chi connectivity index (χ1v) is 10.5. The molecule has 0 saturated heterocycles. The van der Waals surface area contributed by atoms with Gasteiger partial charge in [-0.05, 0) is 26.0 Å². The van der Waals surface area contributed by atoms with Gasteiger partial charge in [-0.2, -0.15) is 0 Å². The summed E-state index contributed by atoms with van der Waals surface area (Å²) in [6, 6.07) is 10.5. The van der Waals surface area contributed by atoms with E-state index in [9.17, 15) is 0 Å². The molecule has 160 valence electrons. The van der Waals surface area contributed by atoms with Gasteiger partial charge in [-0.3, -0.25) is 4.99 Å². The Labute approximate surface area is 175 Å². The number of nitrogens with zero attached hydrogens (tertiary/aromatic N) is 4. The average Bonchev–Trinajstić information content (AvgIpc) is 3.16. The lowest BCUT2D eigenvalue weighted by molar-refractivity contribution is 0.180. The van der Waals surface area contributed by atoms with Crippen molar-refractivity contribution in [3.63, 3.8) is 0 Å². The molecule has 1 heterocycles. The first-order chi connectivity index (χ1) is 14.2. The molecule has 29 heavy (non-hydrogen) atoms. The van der Waals surface area contributed by atoms with Gasteiger partial charge in [-0.25, -0.2) is 4.98 Å². The van der Waals surface area contributed by atoms with Gasteiger partial charge in [-0.1, -0.05) is 30.3 Å². The zero-order chi connectivity index (χ0) is 20.7. The standard InChI is InChI=1S/C22H36N6O/c1-4-23-22(26-13-16-27(2)15-8-18-29-3)25-12-11-21-24-14-17-28(21)19-20-9-6-5-7-10-20/h5-7,9-10,14,17H,4,8,11-13,15-16,18-19H2,1-3H3,(H2,23,25,26). The summed E-state index contributed by atoms with van der Waals surface area (Å²) in [7, 11) is 3.87. The fraction of sp³-hybridized carbons (Fsp3) is 0.545. The number of guanidine groups is 1. The maximum atomic E-state index is 5.10. The largest absolute Gasteiger partial charge is 0.385 e. The molecule has 0 atom stereocenters. The van der Waals surface area contributed by atoms with E-state index in [1.807, 2.05) is 18.5 Å². The van der Waals surface area contributed by atoms with E-state index in [4.69, 9.17) is 4.74 Å². The van der Waals surface area contributed by atoms with Crippen LogP contribution in [0.2, 0.25) is 0 Å². The van der Waals surface area contributed by atoms with Crippen LogP contribution >= 0.6 is 0 Å². The number of ether oxygens (including phenoxy) is 1. The van der Waals surface area contributed by atoms with Crippen molar-refractivity contribution in [2.24, 2.45) is 4.99 Å². The number of benzene rings is 1. The Hall–Kier alpha value is -2.38. The quantitative estimate of drug-likeness (QED) is 0.306. The van der Waals surface area contributed by atoms with Crippen LogP contribution in [0.4, 0.5) is 0 Å². The van der Waals surface area contributed by atoms with Crippen molar-refractivity contribution in [3.05, 3.63) is 54.1 Å². The molecule has 0 bridgehead atoms. The highest BCUT2D eigenvalue weighted by molar-refractivity contribution is 5.79. The second-order valence-corrected chi connectivity index (χ2v) is 7.04. The molecule has 7 nitrogen and oxygen atoms in total. The van der Waals surface area contributed by atoms with Crippen molar-refractivity contribution in [2.75, 3.05) is 53.5 Å². The number of hydrogen-bond acceptors (Lipinski definition) is 4. The lowest BCUT2D eigenvalue weighted by Crippen LogP contribution is -2.39. The highest BCUT2D eigenvalue weighted by Gasteiger charge is 2.05. The van der Waals surface area contributed by atoms with Gasteiger partial charge in [0.1, 0.15) is 5.82 Å². The van der Waals surface area contributed by atoms with Crippen LogP contribution in [-0.2, 0) is 17.7 Å². The summed E-state index contributed by atoms with van der Waals surface area (Å²) in [6.45, 7) is 8.10. The van der Waals surface area contributed by atoms with Crippen molar-refractivity contribution in [1.82, 2.24) is 25.1 Å². The molecule has 1 aromatic heterocycles. The maximum Gasteiger partial charge on any atom is 0.191 e. The Morgan fingerprint density at radius 2 is 2.03 bits per heavy atom. The molecule has 1 aromatic carbocycles. The topological polar surface area (TPSA) is 66.7 Å². The van der Waals surface area contributed by atoms with E-state index < -0.39 is 0 Å². The number of methoxy groups -OCH3 is 1. The molecular weight excluding hydrogens is 364 g/mol. The lowest BCUT2D eigenvalue weighted by atomic mass is 10.2. The zero-order valence-corrected chi connectivity index (χ0v) is 18.1. The first-order valence-electron chi connectivity index (χ1n) is 10.5. The summed E-state index contributed by atoms with van der Waals surface area (Å²) < 4.78 is 7.31. The number of rotatable bonds is 13. The average molecular weight is 401 g/mol. The molecule has 0 fully saturated rings. The van der Waals surface area contributed by atoms with Crippen LogP contribution in [0.1, 0.15) is 24.7 Å². The minimum atomic E-state index is 0.765. The van der Waals surface area contributed by atoms with Crippen molar-refractivity contribution < 1.29 is 4.74 Å². The summed E-state index contributed by atoms with van der Waals surface area (Å²) >= 11 is 0. The van der Waals surface area contributed by atoms with Crippen molar-refractivity contribution in [3.8, 4) is 0 Å². The third-order valence-electron chi connectivity index (χ3n) is 4.62. The molecule has 2 aromatic rings. The minimum Gasteiger partial charge on any atom is -0.385 e. The number of aromatic nitrogens is 2. The predicted octanol–water partition coefficient (Wildman–Crippen LogP) is 2.00. The molecule has 7 heteroatoms. The summed E-state index contributed by atoms with van der Waals surface area (Å²) in [5, 5.41) is 6.74. The smallest absolute Gasteiger partial charge is 0.191 e. The van der Waals surface area contributed by atoms with E-state index in [1.54, 1.807) is 7.11 Å². The SMILES string of the molecule is CCNC(=NCCN(C)CCCOC)NCCc1nccn1Cc1ccccc1. The summed E-state index contributed by atoms with van der Waals surface area (Å²) in [5.41, 5.74) is 1.28. The second kappa shape index (κ2) is 13.7. The van der Waals surface area contributed by atoms with E-state index in [1.165, 1.54) is 5.56 Å². The highest BCUT2D eigenvalue weighted by atomic mass is 16.5. The molecule has 0 amide bonds. The van der Waals surface area contributed by atoms with Crippen LogP contribution < -0.4 is 10.6 Å². The van der Waals surface area contributed by atoms with E-state index in [0.717, 1.165) is 70.5 Å². The fourth-order valence-corrected chi connectivity index (χ4v) is 3.05. The van der Waals surface area contributed by atoms with Crippen molar-refractivity contribution in [2.45, 2.75) is 26.3 Å². The number of aliphatic imine (C=N–C) groups is 1. The van der Waals surface area contributed by atoms with Crippen LogP contribution in [0.15, 0.2) is 47.7 Å². The van der Waals surface area contributed by atoms with Gasteiger partial charge in [0.15, 0.2) is 5.96 Å². The third-order valence-corrected chi connectivity index (χ3v) is 4.62. The molecule has 0 saturated carbocycles. The van der Waals surface area contributed by atoms with Gasteiger partial charge in [0, 0.05) is 65.3 Å². The Morgan fingerprint density at radius 3 is 2.79 bits per heavy atom. The Morgan fingerprint density at radius 1 is 1.21 bits per heavy atom. The lowest BCUT2D eigenvalue weighted by Gasteiger charge is -2.16. The maximum absolute atomic E-state index is 5.10. The van der Waals surface area contributed by atoms with Crippen LogP contribution in [0, 0.1) is 0 Å². The zero-order valence-electron chi connectivity index (χ0n) is 18.1. The van der Waals surface area contributed by atoms with Gasteiger partial charge in [-0.15, -0.1) is 0 Å². The normalized spacial score (nSPS) is 11.8. The minimum absolute atomic E-state index is 0.765. The van der Waals surface area contributed by atoms with Gasteiger partial charge in [0.05, 0.1) is 6.54 Å². The molecule has 2 rings (SSSR count). The summed E-state index contributed by atoms with van der Waals surface area (Å²) in [6.07, 6.45) is 5.81. The number of nitrogens with one attached hydrogen (secondary N) is 2.